The van der Waals surface area contributed by atoms with Crippen molar-refractivity contribution in [2.45, 2.75) is 0 Å². The molecule has 0 fully saturated rings. The van der Waals surface area contributed by atoms with Gasteiger partial charge in [0, 0.05) is 63.9 Å². The first-order chi connectivity index (χ1) is 1.00. The topological polar surface area (TPSA) is 17.1 Å². The predicted octanol–water partition coefficient (Wildman–Crippen LogP) is -0.883. The van der Waals surface area contributed by atoms with Crippen LogP contribution in [0.2, 0.25) is 0 Å². The van der Waals surface area contributed by atoms with Crippen LogP contribution in [-0.2, 0) is 19.5 Å². The second-order valence-corrected chi connectivity index (χ2v) is 0. The number of rotatable bonds is 0. The Balaban J connectivity index is -0.00000000500. The van der Waals surface area contributed by atoms with Crippen molar-refractivity contribution in [3.8, 4) is 0 Å². The SMILES string of the molecule is [Bi].[Ca].[O]=[Co]. The van der Waals surface area contributed by atoms with Gasteiger partial charge in [-0.25, -0.2) is 0 Å². The van der Waals surface area contributed by atoms with Gasteiger partial charge in [-0.05, 0) is 0 Å². The van der Waals surface area contributed by atoms with Crippen LogP contribution in [0.25, 0.3) is 0 Å². The minimum absolute atomic E-state index is 0. The van der Waals surface area contributed by atoms with Gasteiger partial charge in [-0.1, -0.05) is 0 Å². The van der Waals surface area contributed by atoms with E-state index in [1.54, 1.807) is 0 Å². The Bertz CT molecular complexity index is 8.00. The summed E-state index contributed by atoms with van der Waals surface area (Å²) < 4.78 is 7.94. The van der Waals surface area contributed by atoms with Gasteiger partial charge in [0.2, 0.25) is 0 Å². The van der Waals surface area contributed by atoms with E-state index in [9.17, 15) is 0 Å². The van der Waals surface area contributed by atoms with Crippen molar-refractivity contribution < 1.29 is 19.5 Å². The predicted molar refractivity (Wildman–Crippen MR) is 12.2 cm³/mol. The molecule has 0 heterocycles. The van der Waals surface area contributed by atoms with Crippen LogP contribution in [0.1, 0.15) is 0 Å². The van der Waals surface area contributed by atoms with E-state index >= 15 is 0 Å². The van der Waals surface area contributed by atoms with Crippen molar-refractivity contribution in [3.63, 3.8) is 0 Å². The zero-order valence-corrected chi connectivity index (χ0v) is 8.62. The van der Waals surface area contributed by atoms with Crippen molar-refractivity contribution in [2.75, 3.05) is 0 Å². The number of hydrogen-bond acceptors (Lipinski definition) is 1. The first-order valence-electron chi connectivity index (χ1n) is 0.136. The first kappa shape index (κ1) is 16.1. The first-order valence-corrected chi connectivity index (χ1v) is 0.561. The van der Waals surface area contributed by atoms with Crippen molar-refractivity contribution in [1.29, 1.82) is 0 Å². The summed E-state index contributed by atoms with van der Waals surface area (Å²) in [6.07, 6.45) is 0. The summed E-state index contributed by atoms with van der Waals surface area (Å²) in [5.41, 5.74) is 0. The maximum atomic E-state index is 7.94. The molecule has 0 saturated heterocycles. The zero-order valence-electron chi connectivity index (χ0n) is 1.90. The van der Waals surface area contributed by atoms with Crippen LogP contribution in [-0.4, -0.2) is 63.9 Å². The van der Waals surface area contributed by atoms with Crippen molar-refractivity contribution in [2.24, 2.45) is 0 Å². The van der Waals surface area contributed by atoms with Crippen molar-refractivity contribution in [1.82, 2.24) is 0 Å². The summed E-state index contributed by atoms with van der Waals surface area (Å²) in [6, 6.07) is 0. The Labute approximate surface area is 81.8 Å². The van der Waals surface area contributed by atoms with Crippen LogP contribution in [0.4, 0.5) is 0 Å². The van der Waals surface area contributed by atoms with E-state index in [1.807, 2.05) is 0 Å². The Morgan fingerprint density at radius 1 is 1.25 bits per heavy atom. The third-order valence-corrected chi connectivity index (χ3v) is 0. The molecular weight excluding hydrogens is 324 g/mol. The number of hydrogen-bond donors (Lipinski definition) is 0. The summed E-state index contributed by atoms with van der Waals surface area (Å²) in [6.45, 7) is 0. The fourth-order valence-electron chi connectivity index (χ4n) is 0. The van der Waals surface area contributed by atoms with Crippen molar-refractivity contribution in [3.05, 3.63) is 0 Å². The normalized spacial score (nSPS) is 1.25. The molecule has 0 N–H and O–H groups in total. The molecule has 0 aromatic heterocycles. The molecule has 4 heavy (non-hydrogen) atoms. The molecule has 4 heteroatoms. The third kappa shape index (κ3) is 8.82. The molecule has 0 aromatic rings. The van der Waals surface area contributed by atoms with Crippen LogP contribution >= 0.6 is 0 Å². The Kier molecular flexibility index (Phi) is 72.4. The average molecular weight is 324 g/mol. The van der Waals surface area contributed by atoms with Crippen LogP contribution in [0.5, 0.6) is 0 Å². The molecule has 0 spiro atoms. The molecule has 5 radical (unpaired) electrons. The van der Waals surface area contributed by atoms with Gasteiger partial charge in [0.15, 0.2) is 0 Å². The quantitative estimate of drug-likeness (QED) is 0.529. The third-order valence-electron chi connectivity index (χ3n) is 0. The van der Waals surface area contributed by atoms with Gasteiger partial charge >= 0.3 is 19.5 Å². The van der Waals surface area contributed by atoms with Gasteiger partial charge in [-0.2, -0.15) is 0 Å². The van der Waals surface area contributed by atoms with E-state index in [2.05, 4.69) is 15.7 Å². The fraction of sp³-hybridized carbons (Fsp3) is 0. The van der Waals surface area contributed by atoms with E-state index < -0.39 is 0 Å². The molecule has 0 aliphatic heterocycles. The Hall–Kier alpha value is 2.45. The molecule has 0 rings (SSSR count). The molecule has 0 unspecified atom stereocenters. The second kappa shape index (κ2) is 18.0. The van der Waals surface area contributed by atoms with Crippen molar-refractivity contribution >= 4 is 63.9 Å². The molecular formula is BiCaCoO. The summed E-state index contributed by atoms with van der Waals surface area (Å²) in [7, 11) is 0. The summed E-state index contributed by atoms with van der Waals surface area (Å²) >= 11 is 2.31. The van der Waals surface area contributed by atoms with Gasteiger partial charge in [-0.3, -0.25) is 0 Å². The van der Waals surface area contributed by atoms with E-state index in [1.165, 1.54) is 0 Å². The minimum atomic E-state index is 0. The molecule has 1 nitrogen and oxygen atoms in total. The molecule has 0 bridgehead atoms. The second-order valence-electron chi connectivity index (χ2n) is 0. The molecule has 0 saturated carbocycles. The van der Waals surface area contributed by atoms with Gasteiger partial charge in [0.1, 0.15) is 0 Å². The maximum absolute atomic E-state index is 7.94. The van der Waals surface area contributed by atoms with Gasteiger partial charge in [0.25, 0.3) is 0 Å². The van der Waals surface area contributed by atoms with Crippen LogP contribution < -0.4 is 0 Å². The summed E-state index contributed by atoms with van der Waals surface area (Å²) in [5, 5.41) is 0. The fourth-order valence-corrected chi connectivity index (χ4v) is 0. The van der Waals surface area contributed by atoms with Gasteiger partial charge in [0.05, 0.1) is 0 Å². The standard InChI is InChI=1S/Bi.Ca.Co.O. The summed E-state index contributed by atoms with van der Waals surface area (Å²) in [4.78, 5) is 0. The van der Waals surface area contributed by atoms with Crippen LogP contribution in [0, 0.1) is 0 Å². The van der Waals surface area contributed by atoms with Gasteiger partial charge in [-0.15, -0.1) is 0 Å². The van der Waals surface area contributed by atoms with Crippen LogP contribution in [0.3, 0.4) is 0 Å². The molecule has 0 amide bonds. The van der Waals surface area contributed by atoms with Crippen LogP contribution in [0.15, 0.2) is 0 Å². The molecule has 22 valence electrons. The zero-order chi connectivity index (χ0) is 2.00. The van der Waals surface area contributed by atoms with E-state index in [0.717, 1.165) is 0 Å². The van der Waals surface area contributed by atoms with E-state index in [-0.39, 0.29) is 63.9 Å². The molecule has 0 atom stereocenters. The summed E-state index contributed by atoms with van der Waals surface area (Å²) in [5.74, 6) is 0. The Morgan fingerprint density at radius 3 is 1.25 bits per heavy atom. The Morgan fingerprint density at radius 2 is 1.25 bits per heavy atom. The molecule has 0 aliphatic rings. The molecule has 0 aromatic carbocycles. The van der Waals surface area contributed by atoms with E-state index in [0.29, 0.717) is 0 Å². The van der Waals surface area contributed by atoms with Gasteiger partial charge < -0.3 is 0 Å². The molecule has 0 aliphatic carbocycles. The van der Waals surface area contributed by atoms with E-state index in [4.69, 9.17) is 3.87 Å². The average Bonchev–Trinajstić information content (AvgIpc) is 1.00. The monoisotopic (exact) mass is 324 g/mol.